The zero-order valence-electron chi connectivity index (χ0n) is 14.8. The largest absolute Gasteiger partial charge is 0.309 e. The SMILES string of the molecule is CC(C)(C)NC1CC(N2CCC(C)(C(C)(C)C)CC2)C1. The van der Waals surface area contributed by atoms with Gasteiger partial charge in [0.25, 0.3) is 0 Å². The van der Waals surface area contributed by atoms with Crippen molar-refractivity contribution >= 4 is 0 Å². The highest BCUT2D eigenvalue weighted by Crippen LogP contribution is 2.47. The number of likely N-dealkylation sites (tertiary alicyclic amines) is 1. The van der Waals surface area contributed by atoms with E-state index in [-0.39, 0.29) is 5.54 Å². The third-order valence-electron chi connectivity index (χ3n) is 5.98. The maximum atomic E-state index is 3.74. The molecule has 1 N–H and O–H groups in total. The second-order valence-electron chi connectivity index (χ2n) is 9.56. The number of nitrogens with zero attached hydrogens (tertiary/aromatic N) is 1. The number of piperidine rings is 1. The molecule has 0 amide bonds. The number of hydrogen-bond acceptors (Lipinski definition) is 2. The lowest BCUT2D eigenvalue weighted by Crippen LogP contribution is -2.59. The average molecular weight is 280 g/mol. The van der Waals surface area contributed by atoms with Gasteiger partial charge in [-0.25, -0.2) is 0 Å². The Labute approximate surface area is 126 Å². The summed E-state index contributed by atoms with van der Waals surface area (Å²) in [6.07, 6.45) is 5.43. The first-order valence-corrected chi connectivity index (χ1v) is 8.52. The lowest BCUT2D eigenvalue weighted by atomic mass is 9.62. The molecule has 1 saturated carbocycles. The normalized spacial score (nSPS) is 31.9. The molecule has 2 rings (SSSR count). The van der Waals surface area contributed by atoms with Crippen LogP contribution in [0.15, 0.2) is 0 Å². The van der Waals surface area contributed by atoms with Crippen molar-refractivity contribution in [2.75, 3.05) is 13.1 Å². The van der Waals surface area contributed by atoms with E-state index in [0.29, 0.717) is 10.8 Å². The number of rotatable bonds is 2. The van der Waals surface area contributed by atoms with Crippen LogP contribution in [-0.2, 0) is 0 Å². The quantitative estimate of drug-likeness (QED) is 0.821. The van der Waals surface area contributed by atoms with Crippen LogP contribution in [0, 0.1) is 10.8 Å². The van der Waals surface area contributed by atoms with E-state index in [0.717, 1.165) is 12.1 Å². The topological polar surface area (TPSA) is 15.3 Å². The van der Waals surface area contributed by atoms with Crippen LogP contribution < -0.4 is 5.32 Å². The summed E-state index contributed by atoms with van der Waals surface area (Å²) in [5, 5.41) is 3.74. The van der Waals surface area contributed by atoms with Crippen LogP contribution in [0.5, 0.6) is 0 Å². The molecule has 2 nitrogen and oxygen atoms in total. The van der Waals surface area contributed by atoms with Crippen molar-refractivity contribution in [1.82, 2.24) is 10.2 Å². The lowest BCUT2D eigenvalue weighted by molar-refractivity contribution is -0.0158. The zero-order valence-corrected chi connectivity index (χ0v) is 14.8. The highest BCUT2D eigenvalue weighted by atomic mass is 15.2. The molecule has 0 unspecified atom stereocenters. The molecule has 0 aromatic rings. The van der Waals surface area contributed by atoms with Gasteiger partial charge in [-0.05, 0) is 70.4 Å². The van der Waals surface area contributed by atoms with Gasteiger partial charge in [0.2, 0.25) is 0 Å². The van der Waals surface area contributed by atoms with Crippen LogP contribution in [0.1, 0.15) is 74.1 Å². The summed E-state index contributed by atoms with van der Waals surface area (Å²) in [7, 11) is 0. The minimum atomic E-state index is 0.266. The van der Waals surface area contributed by atoms with Crippen LogP contribution >= 0.6 is 0 Å². The van der Waals surface area contributed by atoms with Gasteiger partial charge in [0.05, 0.1) is 0 Å². The average Bonchev–Trinajstić information content (AvgIpc) is 2.22. The molecule has 20 heavy (non-hydrogen) atoms. The second kappa shape index (κ2) is 5.28. The van der Waals surface area contributed by atoms with Gasteiger partial charge in [-0.1, -0.05) is 27.7 Å². The summed E-state index contributed by atoms with van der Waals surface area (Å²) in [5.41, 5.74) is 1.23. The van der Waals surface area contributed by atoms with Crippen LogP contribution in [0.25, 0.3) is 0 Å². The standard InChI is InChI=1S/C18H36N2/c1-16(2,3)18(7)8-10-20(11-9-18)15-12-14(13-15)19-17(4,5)6/h14-15,19H,8-13H2,1-7H3. The molecular weight excluding hydrogens is 244 g/mol. The molecule has 2 fully saturated rings. The maximum absolute atomic E-state index is 3.74. The van der Waals surface area contributed by atoms with Gasteiger partial charge in [-0.3, -0.25) is 0 Å². The van der Waals surface area contributed by atoms with Gasteiger partial charge in [-0.15, -0.1) is 0 Å². The third-order valence-corrected chi connectivity index (χ3v) is 5.98. The van der Waals surface area contributed by atoms with Crippen molar-refractivity contribution in [1.29, 1.82) is 0 Å². The van der Waals surface area contributed by atoms with Gasteiger partial charge in [-0.2, -0.15) is 0 Å². The molecule has 0 aromatic carbocycles. The molecule has 0 spiro atoms. The van der Waals surface area contributed by atoms with E-state index in [1.165, 1.54) is 38.8 Å². The molecule has 1 heterocycles. The fourth-order valence-electron chi connectivity index (χ4n) is 3.75. The van der Waals surface area contributed by atoms with Gasteiger partial charge < -0.3 is 10.2 Å². The van der Waals surface area contributed by atoms with Crippen molar-refractivity contribution in [3.63, 3.8) is 0 Å². The zero-order chi connectivity index (χ0) is 15.2. The summed E-state index contributed by atoms with van der Waals surface area (Å²) in [5.74, 6) is 0. The van der Waals surface area contributed by atoms with E-state index in [4.69, 9.17) is 0 Å². The third kappa shape index (κ3) is 3.57. The van der Waals surface area contributed by atoms with Crippen LogP contribution in [0.4, 0.5) is 0 Å². The van der Waals surface area contributed by atoms with Crippen molar-refractivity contribution in [2.24, 2.45) is 10.8 Å². The summed E-state index contributed by atoms with van der Waals surface area (Å²) in [6.45, 7) is 19.2. The first-order valence-electron chi connectivity index (χ1n) is 8.52. The minimum absolute atomic E-state index is 0.266. The second-order valence-corrected chi connectivity index (χ2v) is 9.56. The molecule has 2 heteroatoms. The summed E-state index contributed by atoms with van der Waals surface area (Å²) >= 11 is 0. The predicted molar refractivity (Wildman–Crippen MR) is 88.1 cm³/mol. The van der Waals surface area contributed by atoms with E-state index in [2.05, 4.69) is 58.7 Å². The van der Waals surface area contributed by atoms with Crippen molar-refractivity contribution in [3.05, 3.63) is 0 Å². The number of nitrogens with one attached hydrogen (secondary N) is 1. The number of hydrogen-bond donors (Lipinski definition) is 1. The Morgan fingerprint density at radius 3 is 1.85 bits per heavy atom. The Bertz CT molecular complexity index is 320. The van der Waals surface area contributed by atoms with Crippen LogP contribution in [0.3, 0.4) is 0 Å². The lowest BCUT2D eigenvalue weighted by Gasteiger charge is -2.52. The Morgan fingerprint density at radius 2 is 1.45 bits per heavy atom. The first-order chi connectivity index (χ1) is 9.00. The van der Waals surface area contributed by atoms with Gasteiger partial charge in [0.1, 0.15) is 0 Å². The van der Waals surface area contributed by atoms with Gasteiger partial charge in [0.15, 0.2) is 0 Å². The fraction of sp³-hybridized carbons (Fsp3) is 1.00. The molecular formula is C18H36N2. The maximum Gasteiger partial charge on any atom is 0.0125 e. The minimum Gasteiger partial charge on any atom is -0.309 e. The van der Waals surface area contributed by atoms with E-state index >= 15 is 0 Å². The Morgan fingerprint density at radius 1 is 0.950 bits per heavy atom. The van der Waals surface area contributed by atoms with Crippen LogP contribution in [-0.4, -0.2) is 35.6 Å². The molecule has 2 aliphatic rings. The summed E-state index contributed by atoms with van der Waals surface area (Å²) < 4.78 is 0. The van der Waals surface area contributed by atoms with E-state index in [1.54, 1.807) is 0 Å². The molecule has 0 bridgehead atoms. The molecule has 0 aromatic heterocycles. The van der Waals surface area contributed by atoms with Crippen molar-refractivity contribution < 1.29 is 0 Å². The highest BCUT2D eigenvalue weighted by Gasteiger charge is 2.43. The summed E-state index contributed by atoms with van der Waals surface area (Å²) in [4.78, 5) is 2.76. The molecule has 118 valence electrons. The van der Waals surface area contributed by atoms with Gasteiger partial charge >= 0.3 is 0 Å². The first kappa shape index (κ1) is 16.3. The Kier molecular flexibility index (Phi) is 4.30. The molecule has 1 saturated heterocycles. The van der Waals surface area contributed by atoms with Gasteiger partial charge in [0, 0.05) is 17.6 Å². The predicted octanol–water partition coefficient (Wildman–Crippen LogP) is 4.05. The smallest absolute Gasteiger partial charge is 0.0125 e. The fourth-order valence-corrected chi connectivity index (χ4v) is 3.75. The van der Waals surface area contributed by atoms with E-state index in [1.807, 2.05) is 0 Å². The summed E-state index contributed by atoms with van der Waals surface area (Å²) in [6, 6.07) is 1.59. The monoisotopic (exact) mass is 280 g/mol. The van der Waals surface area contributed by atoms with Crippen LogP contribution in [0.2, 0.25) is 0 Å². The van der Waals surface area contributed by atoms with Crippen molar-refractivity contribution in [2.45, 2.75) is 91.8 Å². The Balaban J connectivity index is 1.77. The molecule has 0 radical (unpaired) electrons. The molecule has 1 aliphatic carbocycles. The highest BCUT2D eigenvalue weighted by molar-refractivity contribution is 4.98. The van der Waals surface area contributed by atoms with E-state index in [9.17, 15) is 0 Å². The van der Waals surface area contributed by atoms with Crippen molar-refractivity contribution in [3.8, 4) is 0 Å². The molecule has 1 aliphatic heterocycles. The van der Waals surface area contributed by atoms with E-state index < -0.39 is 0 Å². The molecule has 0 atom stereocenters. The Hall–Kier alpha value is -0.0800.